The van der Waals surface area contributed by atoms with E-state index in [2.05, 4.69) is 20.5 Å². The van der Waals surface area contributed by atoms with Gasteiger partial charge >= 0.3 is 0 Å². The van der Waals surface area contributed by atoms with E-state index in [1.54, 1.807) is 33.4 Å². The number of hydrogen-bond donors (Lipinski definition) is 2. The van der Waals surface area contributed by atoms with Crippen LogP contribution in [0.3, 0.4) is 0 Å². The summed E-state index contributed by atoms with van der Waals surface area (Å²) in [5.74, 6) is 2.25. The summed E-state index contributed by atoms with van der Waals surface area (Å²) in [6.07, 6.45) is 0.999. The molecule has 10 heteroatoms. The summed E-state index contributed by atoms with van der Waals surface area (Å²) in [5, 5.41) is 17.6. The van der Waals surface area contributed by atoms with Crippen molar-refractivity contribution in [3.8, 4) is 11.5 Å². The summed E-state index contributed by atoms with van der Waals surface area (Å²) >= 11 is 0. The van der Waals surface area contributed by atoms with E-state index in [0.29, 0.717) is 12.5 Å². The van der Waals surface area contributed by atoms with Gasteiger partial charge in [0.2, 0.25) is 0 Å². The highest BCUT2D eigenvalue weighted by atomic mass is 127. The third-order valence-electron chi connectivity index (χ3n) is 5.24. The molecule has 2 aromatic carbocycles. The van der Waals surface area contributed by atoms with Gasteiger partial charge in [-0.15, -0.1) is 24.0 Å². The van der Waals surface area contributed by atoms with Crippen molar-refractivity contribution in [2.24, 2.45) is 4.99 Å². The van der Waals surface area contributed by atoms with Crippen LogP contribution >= 0.6 is 24.0 Å². The van der Waals surface area contributed by atoms with E-state index in [4.69, 9.17) is 9.47 Å². The number of nitro groups is 1. The predicted molar refractivity (Wildman–Crippen MR) is 135 cm³/mol. The third kappa shape index (κ3) is 7.23. The van der Waals surface area contributed by atoms with Crippen LogP contribution in [0, 0.1) is 10.1 Å². The fourth-order valence-electron chi connectivity index (χ4n) is 3.66. The Hall–Kier alpha value is -2.60. The Labute approximate surface area is 205 Å². The van der Waals surface area contributed by atoms with E-state index in [0.717, 1.165) is 48.7 Å². The number of nitrogens with one attached hydrogen (secondary N) is 2. The van der Waals surface area contributed by atoms with Gasteiger partial charge in [-0.05, 0) is 29.7 Å². The molecule has 2 N–H and O–H groups in total. The average molecular weight is 555 g/mol. The topological polar surface area (TPSA) is 101 Å². The zero-order valence-corrected chi connectivity index (χ0v) is 20.9. The highest BCUT2D eigenvalue weighted by Gasteiger charge is 2.23. The number of guanidine groups is 1. The number of non-ortho nitro benzene ring substituents is 1. The Balaban J connectivity index is 0.00000363. The number of aliphatic imine (C=N–C) groups is 1. The zero-order valence-electron chi connectivity index (χ0n) is 18.5. The molecule has 32 heavy (non-hydrogen) atoms. The first-order chi connectivity index (χ1) is 15.0. The normalized spacial score (nSPS) is 16.2. The van der Waals surface area contributed by atoms with Crippen molar-refractivity contribution in [3.05, 3.63) is 63.7 Å². The lowest BCUT2D eigenvalue weighted by atomic mass is 10.2. The standard InChI is InChI=1S/C22H29N5O4.HI/c1-23-22(24-13-16-5-4-6-19(9-16)27(28)29)25-18-7-8-26(15-18)14-17-10-20(30-2)12-21(11-17)31-3;/h4-6,9-12,18H,7-8,13-15H2,1-3H3,(H2,23,24,25);1H. The first-order valence-corrected chi connectivity index (χ1v) is 10.2. The van der Waals surface area contributed by atoms with Gasteiger partial charge < -0.3 is 20.1 Å². The molecule has 1 atom stereocenters. The molecule has 0 amide bonds. The van der Waals surface area contributed by atoms with Gasteiger partial charge in [0.05, 0.1) is 19.1 Å². The van der Waals surface area contributed by atoms with Gasteiger partial charge in [0.15, 0.2) is 5.96 Å². The first kappa shape index (κ1) is 25.7. The maximum absolute atomic E-state index is 10.9. The Morgan fingerprint density at radius 3 is 2.53 bits per heavy atom. The molecule has 1 aliphatic heterocycles. The minimum absolute atomic E-state index is 0. The van der Waals surface area contributed by atoms with Crippen LogP contribution in [0.5, 0.6) is 11.5 Å². The van der Waals surface area contributed by atoms with Gasteiger partial charge in [-0.2, -0.15) is 0 Å². The lowest BCUT2D eigenvalue weighted by Crippen LogP contribution is -2.44. The number of rotatable bonds is 8. The van der Waals surface area contributed by atoms with Crippen molar-refractivity contribution < 1.29 is 14.4 Å². The number of halogens is 1. The second-order valence-electron chi connectivity index (χ2n) is 7.44. The van der Waals surface area contributed by atoms with Crippen LogP contribution in [-0.4, -0.2) is 56.2 Å². The molecular formula is C22H30IN5O4. The summed E-state index contributed by atoms with van der Waals surface area (Å²) in [5.41, 5.74) is 2.06. The zero-order chi connectivity index (χ0) is 22.2. The second-order valence-corrected chi connectivity index (χ2v) is 7.44. The third-order valence-corrected chi connectivity index (χ3v) is 5.24. The molecule has 1 aliphatic rings. The number of methoxy groups -OCH3 is 2. The molecule has 0 spiro atoms. The molecule has 1 saturated heterocycles. The number of nitrogens with zero attached hydrogens (tertiary/aromatic N) is 3. The average Bonchev–Trinajstić information content (AvgIpc) is 3.22. The van der Waals surface area contributed by atoms with Gasteiger partial charge in [-0.3, -0.25) is 20.0 Å². The first-order valence-electron chi connectivity index (χ1n) is 10.2. The van der Waals surface area contributed by atoms with Crippen molar-refractivity contribution in [2.45, 2.75) is 25.6 Å². The van der Waals surface area contributed by atoms with E-state index in [1.807, 2.05) is 24.3 Å². The molecule has 0 bridgehead atoms. The van der Waals surface area contributed by atoms with Crippen molar-refractivity contribution in [2.75, 3.05) is 34.4 Å². The SMILES string of the molecule is CN=C(NCc1cccc([N+](=O)[O-])c1)NC1CCN(Cc2cc(OC)cc(OC)c2)C1.I. The van der Waals surface area contributed by atoms with Gasteiger partial charge in [0, 0.05) is 57.5 Å². The predicted octanol–water partition coefficient (Wildman–Crippen LogP) is 3.17. The number of likely N-dealkylation sites (tertiary alicyclic amines) is 1. The molecule has 0 radical (unpaired) electrons. The van der Waals surface area contributed by atoms with Gasteiger partial charge in [-0.25, -0.2) is 0 Å². The van der Waals surface area contributed by atoms with Crippen molar-refractivity contribution >= 4 is 35.6 Å². The Morgan fingerprint density at radius 2 is 1.91 bits per heavy atom. The van der Waals surface area contributed by atoms with Crippen molar-refractivity contribution in [3.63, 3.8) is 0 Å². The van der Waals surface area contributed by atoms with Crippen LogP contribution in [0.25, 0.3) is 0 Å². The van der Waals surface area contributed by atoms with E-state index in [9.17, 15) is 10.1 Å². The van der Waals surface area contributed by atoms with Crippen molar-refractivity contribution in [1.29, 1.82) is 0 Å². The molecule has 1 fully saturated rings. The molecule has 3 rings (SSSR count). The lowest BCUT2D eigenvalue weighted by Gasteiger charge is -2.19. The number of benzene rings is 2. The van der Waals surface area contributed by atoms with Crippen molar-refractivity contribution in [1.82, 2.24) is 15.5 Å². The molecular weight excluding hydrogens is 525 g/mol. The van der Waals surface area contributed by atoms with Crippen LogP contribution < -0.4 is 20.1 Å². The summed E-state index contributed by atoms with van der Waals surface area (Å²) in [4.78, 5) is 17.2. The minimum atomic E-state index is -0.387. The Kier molecular flexibility index (Phi) is 9.97. The van der Waals surface area contributed by atoms with E-state index >= 15 is 0 Å². The van der Waals surface area contributed by atoms with Gasteiger partial charge in [0.25, 0.3) is 5.69 Å². The monoisotopic (exact) mass is 555 g/mol. The summed E-state index contributed by atoms with van der Waals surface area (Å²) in [7, 11) is 5.03. The fraction of sp³-hybridized carbons (Fsp3) is 0.409. The highest BCUT2D eigenvalue weighted by Crippen LogP contribution is 2.24. The molecule has 1 unspecified atom stereocenters. The van der Waals surface area contributed by atoms with E-state index in [-0.39, 0.29) is 40.6 Å². The second kappa shape index (κ2) is 12.4. The molecule has 174 valence electrons. The van der Waals surface area contributed by atoms with Gasteiger partial charge in [-0.1, -0.05) is 12.1 Å². The smallest absolute Gasteiger partial charge is 0.269 e. The molecule has 0 aliphatic carbocycles. The maximum atomic E-state index is 10.9. The fourth-order valence-corrected chi connectivity index (χ4v) is 3.66. The molecule has 1 heterocycles. The van der Waals surface area contributed by atoms with Crippen LogP contribution in [0.15, 0.2) is 47.5 Å². The van der Waals surface area contributed by atoms with E-state index < -0.39 is 0 Å². The highest BCUT2D eigenvalue weighted by molar-refractivity contribution is 14.0. The minimum Gasteiger partial charge on any atom is -0.497 e. The van der Waals surface area contributed by atoms with Crippen LogP contribution in [-0.2, 0) is 13.1 Å². The largest absolute Gasteiger partial charge is 0.497 e. The maximum Gasteiger partial charge on any atom is 0.269 e. The van der Waals surface area contributed by atoms with Crippen LogP contribution in [0.2, 0.25) is 0 Å². The molecule has 2 aromatic rings. The molecule has 9 nitrogen and oxygen atoms in total. The number of ether oxygens (including phenoxy) is 2. The quantitative estimate of drug-likeness (QED) is 0.170. The Bertz CT molecular complexity index is 918. The molecule has 0 saturated carbocycles. The summed E-state index contributed by atoms with van der Waals surface area (Å²) < 4.78 is 10.7. The lowest BCUT2D eigenvalue weighted by molar-refractivity contribution is -0.384. The number of nitro benzene ring substituents is 1. The Morgan fingerprint density at radius 1 is 1.19 bits per heavy atom. The summed E-state index contributed by atoms with van der Waals surface area (Å²) in [6, 6.07) is 12.8. The molecule has 0 aromatic heterocycles. The van der Waals surface area contributed by atoms with Gasteiger partial charge in [0.1, 0.15) is 11.5 Å². The van der Waals surface area contributed by atoms with E-state index in [1.165, 1.54) is 6.07 Å². The van der Waals surface area contributed by atoms with Crippen LogP contribution in [0.1, 0.15) is 17.5 Å². The number of hydrogen-bond acceptors (Lipinski definition) is 6. The van der Waals surface area contributed by atoms with Crippen LogP contribution in [0.4, 0.5) is 5.69 Å². The summed E-state index contributed by atoms with van der Waals surface area (Å²) in [6.45, 7) is 3.13.